The third-order valence-corrected chi connectivity index (χ3v) is 5.48. The van der Waals surface area contributed by atoms with Crippen molar-refractivity contribution in [2.24, 2.45) is 7.05 Å². The molecule has 0 fully saturated rings. The zero-order valence-electron chi connectivity index (χ0n) is 12.1. The molecule has 0 radical (unpaired) electrons. The highest BCUT2D eigenvalue weighted by atomic mass is 32.2. The number of rotatable bonds is 3. The summed E-state index contributed by atoms with van der Waals surface area (Å²) in [6, 6.07) is 8.25. The van der Waals surface area contributed by atoms with E-state index in [0.717, 1.165) is 16.2 Å². The largest absolute Gasteiger partial charge is 0.279 e. The van der Waals surface area contributed by atoms with Crippen molar-refractivity contribution in [3.8, 4) is 0 Å². The molecule has 0 bridgehead atoms. The van der Waals surface area contributed by atoms with Crippen LogP contribution in [-0.2, 0) is 12.8 Å². The molecule has 0 aliphatic rings. The SMILES string of the molecule is Cn1c(=O)c2sccc2n2c(CSc3ccc(F)cc3)nnc12. The van der Waals surface area contributed by atoms with Gasteiger partial charge in [-0.05, 0) is 35.7 Å². The number of nitrogens with zero attached hydrogens (tertiary/aromatic N) is 4. The maximum absolute atomic E-state index is 13.0. The summed E-state index contributed by atoms with van der Waals surface area (Å²) in [5.41, 5.74) is 0.764. The molecule has 23 heavy (non-hydrogen) atoms. The van der Waals surface area contributed by atoms with E-state index in [1.807, 2.05) is 15.8 Å². The van der Waals surface area contributed by atoms with Crippen molar-refractivity contribution in [3.05, 3.63) is 57.7 Å². The molecule has 3 heterocycles. The van der Waals surface area contributed by atoms with Gasteiger partial charge in [0, 0.05) is 11.9 Å². The first-order valence-corrected chi connectivity index (χ1v) is 8.70. The van der Waals surface area contributed by atoms with E-state index in [1.54, 1.807) is 30.9 Å². The van der Waals surface area contributed by atoms with Gasteiger partial charge in [-0.15, -0.1) is 33.3 Å². The minimum absolute atomic E-state index is 0.0624. The maximum atomic E-state index is 13.0. The zero-order valence-corrected chi connectivity index (χ0v) is 13.7. The first kappa shape index (κ1) is 14.4. The Labute approximate surface area is 138 Å². The van der Waals surface area contributed by atoms with Crippen LogP contribution in [0.1, 0.15) is 5.82 Å². The van der Waals surface area contributed by atoms with E-state index in [0.29, 0.717) is 16.2 Å². The molecule has 0 amide bonds. The standard InChI is InChI=1S/C15H11FN4OS2/c1-19-14(21)13-11(6-7-22-13)20-12(17-18-15(19)20)8-23-10-4-2-9(16)3-5-10/h2-7H,8H2,1H3. The van der Waals surface area contributed by atoms with Crippen molar-refractivity contribution < 1.29 is 4.39 Å². The molecule has 5 nitrogen and oxygen atoms in total. The molecule has 0 saturated heterocycles. The first-order valence-electron chi connectivity index (χ1n) is 6.84. The molecule has 0 aliphatic heterocycles. The van der Waals surface area contributed by atoms with Gasteiger partial charge in [-0.25, -0.2) is 4.39 Å². The lowest BCUT2D eigenvalue weighted by Gasteiger charge is -2.05. The Hall–Kier alpha value is -2.19. The monoisotopic (exact) mass is 346 g/mol. The van der Waals surface area contributed by atoms with Crippen LogP contribution in [0.4, 0.5) is 4.39 Å². The number of aromatic nitrogens is 4. The number of aryl methyl sites for hydroxylation is 1. The van der Waals surface area contributed by atoms with Gasteiger partial charge in [0.1, 0.15) is 16.3 Å². The Kier molecular flexibility index (Phi) is 3.42. The quantitative estimate of drug-likeness (QED) is 0.535. The van der Waals surface area contributed by atoms with Crippen molar-refractivity contribution in [2.45, 2.75) is 10.6 Å². The number of benzene rings is 1. The van der Waals surface area contributed by atoms with Gasteiger partial charge in [0.25, 0.3) is 5.56 Å². The number of halogens is 1. The van der Waals surface area contributed by atoms with Gasteiger partial charge in [0.15, 0.2) is 0 Å². The number of thiophene rings is 1. The molecule has 0 atom stereocenters. The van der Waals surface area contributed by atoms with E-state index in [9.17, 15) is 9.18 Å². The molecular formula is C15H11FN4OS2. The Bertz CT molecular complexity index is 1060. The molecule has 0 aliphatic carbocycles. The molecule has 116 valence electrons. The summed E-state index contributed by atoms with van der Waals surface area (Å²) in [4.78, 5) is 13.2. The first-order chi connectivity index (χ1) is 11.1. The molecule has 4 rings (SSSR count). The third kappa shape index (κ3) is 2.34. The van der Waals surface area contributed by atoms with Crippen LogP contribution in [0.25, 0.3) is 16.0 Å². The van der Waals surface area contributed by atoms with E-state index in [2.05, 4.69) is 10.2 Å². The van der Waals surface area contributed by atoms with Crippen LogP contribution in [0.5, 0.6) is 0 Å². The van der Waals surface area contributed by atoms with Gasteiger partial charge < -0.3 is 0 Å². The third-order valence-electron chi connectivity index (χ3n) is 3.58. The van der Waals surface area contributed by atoms with Crippen LogP contribution in [0.2, 0.25) is 0 Å². The van der Waals surface area contributed by atoms with E-state index >= 15 is 0 Å². The zero-order chi connectivity index (χ0) is 16.0. The summed E-state index contributed by atoms with van der Waals surface area (Å²) in [6.45, 7) is 0. The predicted octanol–water partition coefficient (Wildman–Crippen LogP) is 3.07. The fourth-order valence-electron chi connectivity index (χ4n) is 2.43. The molecule has 1 aromatic carbocycles. The Balaban J connectivity index is 1.79. The highest BCUT2D eigenvalue weighted by Gasteiger charge is 2.15. The normalized spacial score (nSPS) is 11.6. The lowest BCUT2D eigenvalue weighted by Crippen LogP contribution is -2.19. The van der Waals surface area contributed by atoms with Crippen LogP contribution >= 0.6 is 23.1 Å². The van der Waals surface area contributed by atoms with Gasteiger partial charge in [0.05, 0.1) is 11.3 Å². The van der Waals surface area contributed by atoms with Gasteiger partial charge in [-0.2, -0.15) is 0 Å². The fraction of sp³-hybridized carbons (Fsp3) is 0.133. The van der Waals surface area contributed by atoms with E-state index in [-0.39, 0.29) is 11.4 Å². The summed E-state index contributed by atoms with van der Waals surface area (Å²) in [7, 11) is 1.70. The average Bonchev–Trinajstić information content (AvgIpc) is 3.18. The maximum Gasteiger partial charge on any atom is 0.272 e. The summed E-state index contributed by atoms with van der Waals surface area (Å²) < 4.78 is 17.1. The number of thioether (sulfide) groups is 1. The lowest BCUT2D eigenvalue weighted by molar-refractivity contribution is 0.626. The van der Waals surface area contributed by atoms with Crippen LogP contribution in [0.3, 0.4) is 0 Å². The van der Waals surface area contributed by atoms with Crippen LogP contribution in [0.15, 0.2) is 45.4 Å². The molecule has 0 unspecified atom stereocenters. The summed E-state index contributed by atoms with van der Waals surface area (Å²) in [5.74, 6) is 1.61. The summed E-state index contributed by atoms with van der Waals surface area (Å²) >= 11 is 2.96. The second-order valence-electron chi connectivity index (χ2n) is 4.99. The second-order valence-corrected chi connectivity index (χ2v) is 6.96. The van der Waals surface area contributed by atoms with E-state index in [1.165, 1.54) is 28.0 Å². The summed E-state index contributed by atoms with van der Waals surface area (Å²) in [6.07, 6.45) is 0. The minimum atomic E-state index is -0.253. The number of hydrogen-bond acceptors (Lipinski definition) is 5. The van der Waals surface area contributed by atoms with Crippen molar-refractivity contribution in [3.63, 3.8) is 0 Å². The van der Waals surface area contributed by atoms with Gasteiger partial charge >= 0.3 is 0 Å². The molecule has 0 spiro atoms. The molecular weight excluding hydrogens is 335 g/mol. The van der Waals surface area contributed by atoms with Crippen LogP contribution < -0.4 is 5.56 Å². The Morgan fingerprint density at radius 3 is 2.78 bits per heavy atom. The minimum Gasteiger partial charge on any atom is -0.279 e. The smallest absolute Gasteiger partial charge is 0.272 e. The number of fused-ring (bicyclic) bond motifs is 3. The van der Waals surface area contributed by atoms with Gasteiger partial charge in [-0.1, -0.05) is 0 Å². The average molecular weight is 346 g/mol. The second kappa shape index (κ2) is 5.47. The van der Waals surface area contributed by atoms with Crippen molar-refractivity contribution >= 4 is 39.1 Å². The Morgan fingerprint density at radius 1 is 1.22 bits per heavy atom. The molecule has 3 aromatic heterocycles. The highest BCUT2D eigenvalue weighted by molar-refractivity contribution is 7.98. The Morgan fingerprint density at radius 2 is 2.00 bits per heavy atom. The molecule has 0 N–H and O–H groups in total. The van der Waals surface area contributed by atoms with Gasteiger partial charge in [-0.3, -0.25) is 13.8 Å². The van der Waals surface area contributed by atoms with Crippen LogP contribution in [0, 0.1) is 5.82 Å². The van der Waals surface area contributed by atoms with E-state index < -0.39 is 0 Å². The predicted molar refractivity (Wildman–Crippen MR) is 89.6 cm³/mol. The lowest BCUT2D eigenvalue weighted by atomic mass is 10.4. The molecule has 8 heteroatoms. The molecule has 4 aromatic rings. The van der Waals surface area contributed by atoms with Crippen molar-refractivity contribution in [2.75, 3.05) is 0 Å². The highest BCUT2D eigenvalue weighted by Crippen LogP contribution is 2.25. The summed E-state index contributed by atoms with van der Waals surface area (Å²) in [5, 5.41) is 10.3. The van der Waals surface area contributed by atoms with Crippen molar-refractivity contribution in [1.29, 1.82) is 0 Å². The fourth-order valence-corrected chi connectivity index (χ4v) is 4.09. The van der Waals surface area contributed by atoms with E-state index in [4.69, 9.17) is 0 Å². The van der Waals surface area contributed by atoms with Crippen molar-refractivity contribution in [1.82, 2.24) is 19.2 Å². The topological polar surface area (TPSA) is 52.2 Å². The number of hydrogen-bond donors (Lipinski definition) is 0. The molecule has 0 saturated carbocycles. The van der Waals surface area contributed by atoms with Gasteiger partial charge in [0.2, 0.25) is 5.78 Å². The van der Waals surface area contributed by atoms with Crippen LogP contribution in [-0.4, -0.2) is 19.2 Å².